The van der Waals surface area contributed by atoms with E-state index in [0.29, 0.717) is 19.6 Å². The highest BCUT2D eigenvalue weighted by atomic mass is 16.6. The summed E-state index contributed by atoms with van der Waals surface area (Å²) in [5, 5.41) is 10.9. The van der Waals surface area contributed by atoms with Crippen LogP contribution in [0.15, 0.2) is 54.6 Å². The molecule has 0 aromatic heterocycles. The highest BCUT2D eigenvalue weighted by Crippen LogP contribution is 2.44. The van der Waals surface area contributed by atoms with E-state index in [2.05, 4.69) is 4.90 Å². The molecule has 1 aliphatic carbocycles. The molecule has 1 saturated heterocycles. The number of rotatable bonds is 7. The number of benzene rings is 2. The van der Waals surface area contributed by atoms with Crippen molar-refractivity contribution in [1.29, 1.82) is 0 Å². The lowest BCUT2D eigenvalue weighted by Crippen LogP contribution is -2.55. The first-order chi connectivity index (χ1) is 15.9. The Balaban J connectivity index is 1.77. The molecule has 3 atom stereocenters. The summed E-state index contributed by atoms with van der Waals surface area (Å²) in [4.78, 5) is 38.7. The Morgan fingerprint density at radius 1 is 1.09 bits per heavy atom. The molecule has 0 saturated carbocycles. The Hall–Kier alpha value is -3.23. The van der Waals surface area contributed by atoms with Gasteiger partial charge in [-0.05, 0) is 28.8 Å². The third-order valence-electron chi connectivity index (χ3n) is 6.49. The van der Waals surface area contributed by atoms with E-state index in [0.717, 1.165) is 29.4 Å². The number of amides is 1. The number of fused-ring (bicyclic) bond motifs is 1. The third kappa shape index (κ3) is 4.77. The van der Waals surface area contributed by atoms with Crippen LogP contribution in [-0.4, -0.2) is 65.8 Å². The average molecular weight is 453 g/mol. The van der Waals surface area contributed by atoms with Gasteiger partial charge in [-0.15, -0.1) is 0 Å². The number of ether oxygens (including phenoxy) is 2. The Kier molecular flexibility index (Phi) is 6.76. The van der Waals surface area contributed by atoms with Gasteiger partial charge in [-0.25, -0.2) is 0 Å². The molecule has 2 aromatic rings. The van der Waals surface area contributed by atoms with E-state index >= 15 is 0 Å². The molecule has 2 aliphatic rings. The third-order valence-corrected chi connectivity index (χ3v) is 6.49. The van der Waals surface area contributed by atoms with Crippen LogP contribution in [0.4, 0.5) is 0 Å². The second-order valence-corrected chi connectivity index (χ2v) is 8.46. The van der Waals surface area contributed by atoms with Gasteiger partial charge < -0.3 is 20.3 Å². The number of carboxylic acid groups (broad SMARTS) is 1. The fraction of sp³-hybridized carbons (Fsp3) is 0.400. The maximum Gasteiger partial charge on any atom is 0.307 e. The summed E-state index contributed by atoms with van der Waals surface area (Å²) in [6.45, 7) is 2.79. The number of primary amides is 1. The predicted octanol–water partition coefficient (Wildman–Crippen LogP) is 2.22. The maximum atomic E-state index is 12.9. The maximum absolute atomic E-state index is 12.9. The van der Waals surface area contributed by atoms with Gasteiger partial charge >= 0.3 is 11.9 Å². The molecular formula is C25H28N2O6. The number of esters is 1. The Labute approximate surface area is 191 Å². The number of carbonyl (C=O) groups excluding carboxylic acids is 2. The number of hydrogen-bond donors (Lipinski definition) is 2. The lowest BCUT2D eigenvalue weighted by atomic mass is 9.72. The van der Waals surface area contributed by atoms with E-state index in [-0.39, 0.29) is 18.9 Å². The van der Waals surface area contributed by atoms with Crippen LogP contribution in [0.25, 0.3) is 10.8 Å². The molecule has 2 aromatic carbocycles. The van der Waals surface area contributed by atoms with Crippen molar-refractivity contribution in [2.75, 3.05) is 26.3 Å². The predicted molar refractivity (Wildman–Crippen MR) is 122 cm³/mol. The van der Waals surface area contributed by atoms with Crippen molar-refractivity contribution in [3.05, 3.63) is 60.2 Å². The quantitative estimate of drug-likeness (QED) is 0.488. The second kappa shape index (κ2) is 9.72. The average Bonchev–Trinajstić information content (AvgIpc) is 2.83. The molecule has 33 heavy (non-hydrogen) atoms. The van der Waals surface area contributed by atoms with Crippen LogP contribution in [0, 0.1) is 0 Å². The Morgan fingerprint density at radius 3 is 2.55 bits per heavy atom. The van der Waals surface area contributed by atoms with Crippen LogP contribution in [0.5, 0.6) is 0 Å². The molecule has 174 valence electrons. The van der Waals surface area contributed by atoms with Crippen LogP contribution in [0.1, 0.15) is 30.7 Å². The van der Waals surface area contributed by atoms with E-state index in [9.17, 15) is 14.4 Å². The van der Waals surface area contributed by atoms with Gasteiger partial charge in [0.2, 0.25) is 5.60 Å². The van der Waals surface area contributed by atoms with Gasteiger partial charge in [-0.3, -0.25) is 19.3 Å². The summed E-state index contributed by atoms with van der Waals surface area (Å²) in [6.07, 6.45) is 3.27. The standard InChI is InChI=1S/C25H28N2O6/c26-24(31)25(33-23(30)9-8-22(28)29)11-10-18(27-12-14-32-15-13-27)16-21(25)20-7-3-5-17-4-1-2-6-19(17)20/h1-7,10-11,18,21H,8-9,12-16H2,(H2,26,31)(H,28,29). The van der Waals surface area contributed by atoms with Gasteiger partial charge in [0.15, 0.2) is 0 Å². The minimum atomic E-state index is -1.71. The zero-order valence-corrected chi connectivity index (χ0v) is 18.3. The monoisotopic (exact) mass is 452 g/mol. The number of nitrogens with zero attached hydrogens (tertiary/aromatic N) is 1. The summed E-state index contributed by atoms with van der Waals surface area (Å²) in [7, 11) is 0. The van der Waals surface area contributed by atoms with Crippen molar-refractivity contribution in [3.63, 3.8) is 0 Å². The first kappa shape index (κ1) is 22.9. The highest BCUT2D eigenvalue weighted by molar-refractivity contribution is 5.93. The fourth-order valence-electron chi connectivity index (χ4n) is 4.82. The number of carboxylic acids is 1. The van der Waals surface area contributed by atoms with Gasteiger partial charge in [-0.2, -0.15) is 0 Å². The molecule has 8 nitrogen and oxygen atoms in total. The van der Waals surface area contributed by atoms with E-state index in [4.69, 9.17) is 20.3 Å². The fourth-order valence-corrected chi connectivity index (χ4v) is 4.82. The summed E-state index contributed by atoms with van der Waals surface area (Å²) in [6, 6.07) is 13.7. The molecule has 0 radical (unpaired) electrons. The normalized spacial score (nSPS) is 25.6. The summed E-state index contributed by atoms with van der Waals surface area (Å²) in [5.41, 5.74) is 5.04. The number of carbonyl (C=O) groups is 3. The van der Waals surface area contributed by atoms with E-state index < -0.39 is 29.4 Å². The van der Waals surface area contributed by atoms with Crippen molar-refractivity contribution in [3.8, 4) is 0 Å². The number of aliphatic carboxylic acids is 1. The van der Waals surface area contributed by atoms with Gasteiger partial charge in [-0.1, -0.05) is 48.5 Å². The molecule has 3 N–H and O–H groups in total. The van der Waals surface area contributed by atoms with Crippen LogP contribution in [0.3, 0.4) is 0 Å². The topological polar surface area (TPSA) is 119 Å². The SMILES string of the molecule is NC(=O)C1(OC(=O)CCC(=O)O)C=CC(N2CCOCC2)CC1c1cccc2ccccc12. The largest absolute Gasteiger partial charge is 0.481 e. The highest BCUT2D eigenvalue weighted by Gasteiger charge is 2.50. The number of morpholine rings is 1. The van der Waals surface area contributed by atoms with Crippen LogP contribution < -0.4 is 5.73 Å². The van der Waals surface area contributed by atoms with Crippen LogP contribution in [0.2, 0.25) is 0 Å². The molecule has 0 spiro atoms. The zero-order chi connectivity index (χ0) is 23.4. The first-order valence-electron chi connectivity index (χ1n) is 11.1. The van der Waals surface area contributed by atoms with Crippen LogP contribution >= 0.6 is 0 Å². The summed E-state index contributed by atoms with van der Waals surface area (Å²) < 4.78 is 11.2. The number of nitrogens with two attached hydrogens (primary N) is 1. The lowest BCUT2D eigenvalue weighted by molar-refractivity contribution is -0.166. The molecular weight excluding hydrogens is 424 g/mol. The number of hydrogen-bond acceptors (Lipinski definition) is 6. The molecule has 1 heterocycles. The molecule has 1 aliphatic heterocycles. The van der Waals surface area contributed by atoms with Crippen molar-refractivity contribution < 1.29 is 29.0 Å². The smallest absolute Gasteiger partial charge is 0.307 e. The van der Waals surface area contributed by atoms with Gasteiger partial charge in [0, 0.05) is 25.0 Å². The van der Waals surface area contributed by atoms with E-state index in [1.54, 1.807) is 6.08 Å². The molecule has 1 amide bonds. The molecule has 1 fully saturated rings. The Morgan fingerprint density at radius 2 is 1.82 bits per heavy atom. The van der Waals surface area contributed by atoms with Crippen molar-refractivity contribution in [2.45, 2.75) is 36.8 Å². The zero-order valence-electron chi connectivity index (χ0n) is 18.3. The van der Waals surface area contributed by atoms with Crippen molar-refractivity contribution >= 4 is 28.6 Å². The summed E-state index contributed by atoms with van der Waals surface area (Å²) in [5.74, 6) is -3.19. The molecule has 4 rings (SSSR count). The lowest BCUT2D eigenvalue weighted by Gasteiger charge is -2.44. The first-order valence-corrected chi connectivity index (χ1v) is 11.1. The van der Waals surface area contributed by atoms with Crippen LogP contribution in [-0.2, 0) is 23.9 Å². The minimum absolute atomic E-state index is 0.0167. The Bertz CT molecular complexity index is 1070. The van der Waals surface area contributed by atoms with Gasteiger partial charge in [0.25, 0.3) is 5.91 Å². The van der Waals surface area contributed by atoms with E-state index in [1.807, 2.05) is 48.5 Å². The summed E-state index contributed by atoms with van der Waals surface area (Å²) >= 11 is 0. The minimum Gasteiger partial charge on any atom is -0.481 e. The molecule has 0 bridgehead atoms. The van der Waals surface area contributed by atoms with E-state index in [1.165, 1.54) is 0 Å². The second-order valence-electron chi connectivity index (χ2n) is 8.46. The van der Waals surface area contributed by atoms with Crippen molar-refractivity contribution in [2.24, 2.45) is 5.73 Å². The van der Waals surface area contributed by atoms with Gasteiger partial charge in [0.1, 0.15) is 0 Å². The molecule has 3 unspecified atom stereocenters. The molecule has 8 heteroatoms. The van der Waals surface area contributed by atoms with Crippen molar-refractivity contribution in [1.82, 2.24) is 4.90 Å². The van der Waals surface area contributed by atoms with Gasteiger partial charge in [0.05, 0.1) is 26.1 Å².